The molecule has 2 fully saturated rings. The molecule has 0 heterocycles. The second-order valence-electron chi connectivity index (χ2n) is 5.07. The third-order valence-electron chi connectivity index (χ3n) is 4.31. The van der Waals surface area contributed by atoms with Gasteiger partial charge in [0.1, 0.15) is 0 Å². The van der Waals surface area contributed by atoms with Gasteiger partial charge < -0.3 is 4.74 Å². The summed E-state index contributed by atoms with van der Waals surface area (Å²) in [5.41, 5.74) is -0.0769. The SMILES string of the molecule is CCOC(=O)C12CCCCC1CCCC2. The molecule has 0 unspecified atom stereocenters. The molecule has 0 atom stereocenters. The quantitative estimate of drug-likeness (QED) is 0.654. The predicted molar refractivity (Wildman–Crippen MR) is 59.5 cm³/mol. The van der Waals surface area contributed by atoms with E-state index in [-0.39, 0.29) is 11.4 Å². The summed E-state index contributed by atoms with van der Waals surface area (Å²) in [7, 11) is 0. The molecule has 15 heavy (non-hydrogen) atoms. The van der Waals surface area contributed by atoms with Crippen molar-refractivity contribution >= 4 is 5.97 Å². The maximum atomic E-state index is 12.1. The second-order valence-corrected chi connectivity index (χ2v) is 5.07. The first-order valence-electron chi connectivity index (χ1n) is 6.47. The van der Waals surface area contributed by atoms with Gasteiger partial charge in [-0.05, 0) is 38.5 Å². The zero-order chi connectivity index (χ0) is 10.7. The monoisotopic (exact) mass is 210 g/mol. The van der Waals surface area contributed by atoms with E-state index in [0.717, 1.165) is 12.8 Å². The van der Waals surface area contributed by atoms with E-state index in [2.05, 4.69) is 0 Å². The van der Waals surface area contributed by atoms with Crippen molar-refractivity contribution in [2.45, 2.75) is 58.3 Å². The van der Waals surface area contributed by atoms with Crippen molar-refractivity contribution < 1.29 is 9.53 Å². The van der Waals surface area contributed by atoms with Crippen LogP contribution >= 0.6 is 0 Å². The fraction of sp³-hybridized carbons (Fsp3) is 0.923. The van der Waals surface area contributed by atoms with Crippen molar-refractivity contribution in [1.82, 2.24) is 0 Å². The first-order valence-corrected chi connectivity index (χ1v) is 6.47. The lowest BCUT2D eigenvalue weighted by Crippen LogP contribution is -2.44. The van der Waals surface area contributed by atoms with Crippen molar-refractivity contribution in [3.05, 3.63) is 0 Å². The predicted octanol–water partition coefficient (Wildman–Crippen LogP) is 3.30. The van der Waals surface area contributed by atoms with Gasteiger partial charge in [0.15, 0.2) is 0 Å². The van der Waals surface area contributed by atoms with E-state index in [1.54, 1.807) is 0 Å². The van der Waals surface area contributed by atoms with E-state index in [1.807, 2.05) is 6.92 Å². The van der Waals surface area contributed by atoms with Gasteiger partial charge >= 0.3 is 5.97 Å². The third-order valence-corrected chi connectivity index (χ3v) is 4.31. The van der Waals surface area contributed by atoms with E-state index < -0.39 is 0 Å². The number of rotatable bonds is 2. The van der Waals surface area contributed by atoms with Gasteiger partial charge in [0.05, 0.1) is 12.0 Å². The highest BCUT2D eigenvalue weighted by molar-refractivity contribution is 5.77. The second kappa shape index (κ2) is 4.54. The van der Waals surface area contributed by atoms with Gasteiger partial charge in [0.25, 0.3) is 0 Å². The number of fused-ring (bicyclic) bond motifs is 1. The lowest BCUT2D eigenvalue weighted by Gasteiger charge is -2.45. The molecule has 0 saturated heterocycles. The summed E-state index contributed by atoms with van der Waals surface area (Å²) >= 11 is 0. The van der Waals surface area contributed by atoms with E-state index >= 15 is 0 Å². The average Bonchev–Trinajstić information content (AvgIpc) is 2.29. The fourth-order valence-electron chi connectivity index (χ4n) is 3.54. The zero-order valence-corrected chi connectivity index (χ0v) is 9.76. The van der Waals surface area contributed by atoms with Crippen LogP contribution in [0.15, 0.2) is 0 Å². The number of carbonyl (C=O) groups excluding carboxylic acids is 1. The minimum atomic E-state index is -0.0769. The molecular weight excluding hydrogens is 188 g/mol. The lowest BCUT2D eigenvalue weighted by molar-refractivity contribution is -0.164. The molecule has 2 aliphatic rings. The fourth-order valence-corrected chi connectivity index (χ4v) is 3.54. The Balaban J connectivity index is 2.14. The molecule has 0 aliphatic heterocycles. The summed E-state index contributed by atoms with van der Waals surface area (Å²) in [6.07, 6.45) is 9.72. The Bertz CT molecular complexity index is 223. The van der Waals surface area contributed by atoms with Crippen LogP contribution in [-0.2, 0) is 9.53 Å². The van der Waals surface area contributed by atoms with Crippen LogP contribution < -0.4 is 0 Å². The molecule has 0 N–H and O–H groups in total. The van der Waals surface area contributed by atoms with Crippen molar-refractivity contribution in [2.24, 2.45) is 11.3 Å². The van der Waals surface area contributed by atoms with E-state index in [0.29, 0.717) is 12.5 Å². The molecule has 0 amide bonds. The van der Waals surface area contributed by atoms with Gasteiger partial charge in [0, 0.05) is 0 Å². The first kappa shape index (κ1) is 11.0. The minimum Gasteiger partial charge on any atom is -0.466 e. The molecular formula is C13H22O2. The Morgan fingerprint density at radius 3 is 2.33 bits per heavy atom. The van der Waals surface area contributed by atoms with Gasteiger partial charge in [-0.3, -0.25) is 4.79 Å². The molecule has 0 spiro atoms. The molecule has 2 rings (SSSR count). The summed E-state index contributed by atoms with van der Waals surface area (Å²) in [5, 5.41) is 0. The number of hydrogen-bond donors (Lipinski definition) is 0. The molecule has 2 heteroatoms. The van der Waals surface area contributed by atoms with Crippen LogP contribution in [0.25, 0.3) is 0 Å². The van der Waals surface area contributed by atoms with Gasteiger partial charge in [-0.15, -0.1) is 0 Å². The molecule has 0 aromatic heterocycles. The van der Waals surface area contributed by atoms with Gasteiger partial charge in [-0.2, -0.15) is 0 Å². The standard InChI is InChI=1S/C13H22O2/c1-2-15-12(14)13-9-5-3-7-11(13)8-4-6-10-13/h11H,2-10H2,1H3. The highest BCUT2D eigenvalue weighted by Crippen LogP contribution is 2.51. The third kappa shape index (κ3) is 1.91. The molecule has 2 aliphatic carbocycles. The average molecular weight is 210 g/mol. The van der Waals surface area contributed by atoms with Crippen molar-refractivity contribution in [3.63, 3.8) is 0 Å². The minimum absolute atomic E-state index is 0.0769. The van der Waals surface area contributed by atoms with E-state index in [4.69, 9.17) is 4.74 Å². The van der Waals surface area contributed by atoms with Crippen LogP contribution in [0.4, 0.5) is 0 Å². The number of ether oxygens (including phenoxy) is 1. The topological polar surface area (TPSA) is 26.3 Å². The molecule has 0 bridgehead atoms. The highest BCUT2D eigenvalue weighted by atomic mass is 16.5. The smallest absolute Gasteiger partial charge is 0.312 e. The Morgan fingerprint density at radius 2 is 1.80 bits per heavy atom. The van der Waals surface area contributed by atoms with E-state index in [1.165, 1.54) is 38.5 Å². The van der Waals surface area contributed by atoms with Crippen LogP contribution in [0.1, 0.15) is 58.3 Å². The van der Waals surface area contributed by atoms with Crippen LogP contribution in [-0.4, -0.2) is 12.6 Å². The van der Waals surface area contributed by atoms with Gasteiger partial charge in [-0.25, -0.2) is 0 Å². The number of esters is 1. The summed E-state index contributed by atoms with van der Waals surface area (Å²) in [5.74, 6) is 0.730. The Labute approximate surface area is 92.4 Å². The van der Waals surface area contributed by atoms with Crippen LogP contribution in [0.2, 0.25) is 0 Å². The van der Waals surface area contributed by atoms with Crippen molar-refractivity contribution in [3.8, 4) is 0 Å². The van der Waals surface area contributed by atoms with E-state index in [9.17, 15) is 4.79 Å². The molecule has 2 nitrogen and oxygen atoms in total. The van der Waals surface area contributed by atoms with Crippen molar-refractivity contribution in [1.29, 1.82) is 0 Å². The summed E-state index contributed by atoms with van der Waals surface area (Å²) in [6, 6.07) is 0. The Kier molecular flexibility index (Phi) is 3.32. The highest BCUT2D eigenvalue weighted by Gasteiger charge is 2.48. The van der Waals surface area contributed by atoms with Crippen molar-refractivity contribution in [2.75, 3.05) is 6.61 Å². The van der Waals surface area contributed by atoms with Gasteiger partial charge in [-0.1, -0.05) is 25.7 Å². The normalized spacial score (nSPS) is 35.7. The maximum absolute atomic E-state index is 12.1. The maximum Gasteiger partial charge on any atom is 0.312 e. The Morgan fingerprint density at radius 1 is 1.20 bits per heavy atom. The lowest BCUT2D eigenvalue weighted by atomic mass is 9.59. The largest absolute Gasteiger partial charge is 0.466 e. The molecule has 0 aromatic carbocycles. The molecule has 0 aromatic rings. The summed E-state index contributed by atoms with van der Waals surface area (Å²) in [6.45, 7) is 2.45. The number of hydrogen-bond acceptors (Lipinski definition) is 2. The zero-order valence-electron chi connectivity index (χ0n) is 9.76. The molecule has 0 radical (unpaired) electrons. The van der Waals surface area contributed by atoms with Crippen LogP contribution in [0, 0.1) is 11.3 Å². The first-order chi connectivity index (χ1) is 7.29. The summed E-state index contributed by atoms with van der Waals surface area (Å²) in [4.78, 5) is 12.1. The Hall–Kier alpha value is -0.530. The molecule has 2 saturated carbocycles. The molecule has 86 valence electrons. The van der Waals surface area contributed by atoms with Gasteiger partial charge in [0.2, 0.25) is 0 Å². The van der Waals surface area contributed by atoms with Crippen LogP contribution in [0.5, 0.6) is 0 Å². The summed E-state index contributed by atoms with van der Waals surface area (Å²) < 4.78 is 5.30. The number of carbonyl (C=O) groups is 1. The van der Waals surface area contributed by atoms with Crippen LogP contribution in [0.3, 0.4) is 0 Å².